The van der Waals surface area contributed by atoms with Crippen molar-refractivity contribution in [3.8, 4) is 0 Å². The molecule has 0 radical (unpaired) electrons. The molecular formula is C14H30N2. The van der Waals surface area contributed by atoms with Crippen LogP contribution in [0.15, 0.2) is 0 Å². The van der Waals surface area contributed by atoms with Gasteiger partial charge in [0, 0.05) is 18.1 Å². The summed E-state index contributed by atoms with van der Waals surface area (Å²) >= 11 is 0. The molecule has 16 heavy (non-hydrogen) atoms. The molecule has 0 saturated heterocycles. The molecule has 0 aromatic heterocycles. The summed E-state index contributed by atoms with van der Waals surface area (Å²) in [6.45, 7) is 10.3. The lowest BCUT2D eigenvalue weighted by molar-refractivity contribution is 0.110. The summed E-state index contributed by atoms with van der Waals surface area (Å²) in [6, 6.07) is 2.30. The largest absolute Gasteiger partial charge is 0.314 e. The zero-order valence-electron chi connectivity index (χ0n) is 11.8. The second kappa shape index (κ2) is 6.61. The van der Waals surface area contributed by atoms with Crippen LogP contribution < -0.4 is 5.32 Å². The number of hydrogen-bond acceptors (Lipinski definition) is 2. The summed E-state index contributed by atoms with van der Waals surface area (Å²) in [7, 11) is 2.31. The van der Waals surface area contributed by atoms with Gasteiger partial charge in [-0.25, -0.2) is 0 Å². The Morgan fingerprint density at radius 1 is 1.12 bits per heavy atom. The van der Waals surface area contributed by atoms with Crippen LogP contribution in [0.3, 0.4) is 0 Å². The van der Waals surface area contributed by atoms with Crippen LogP contribution in [0.1, 0.15) is 53.4 Å². The summed E-state index contributed by atoms with van der Waals surface area (Å²) in [5.74, 6) is 0.761. The minimum Gasteiger partial charge on any atom is -0.314 e. The SMILES string of the molecule is CCNC1CCC(N(C)C(C)C(C)C)CC1. The second-order valence-electron chi connectivity index (χ2n) is 5.71. The monoisotopic (exact) mass is 226 g/mol. The Morgan fingerprint density at radius 2 is 1.69 bits per heavy atom. The first-order chi connectivity index (χ1) is 7.56. The van der Waals surface area contributed by atoms with Gasteiger partial charge in [-0.2, -0.15) is 0 Å². The van der Waals surface area contributed by atoms with Crippen LogP contribution in [0.2, 0.25) is 0 Å². The van der Waals surface area contributed by atoms with E-state index in [9.17, 15) is 0 Å². The Hall–Kier alpha value is -0.0800. The molecule has 2 heteroatoms. The quantitative estimate of drug-likeness (QED) is 0.775. The van der Waals surface area contributed by atoms with Crippen LogP contribution >= 0.6 is 0 Å². The van der Waals surface area contributed by atoms with Crippen molar-refractivity contribution in [3.05, 3.63) is 0 Å². The lowest BCUT2D eigenvalue weighted by Gasteiger charge is -2.39. The predicted octanol–water partition coefficient (Wildman–Crippen LogP) is 2.88. The van der Waals surface area contributed by atoms with Gasteiger partial charge in [-0.1, -0.05) is 20.8 Å². The molecule has 96 valence electrons. The van der Waals surface area contributed by atoms with E-state index in [1.807, 2.05) is 0 Å². The maximum absolute atomic E-state index is 3.58. The van der Waals surface area contributed by atoms with Crippen molar-refractivity contribution >= 4 is 0 Å². The number of nitrogens with zero attached hydrogens (tertiary/aromatic N) is 1. The maximum atomic E-state index is 3.58. The first-order valence-electron chi connectivity index (χ1n) is 7.01. The smallest absolute Gasteiger partial charge is 0.00962 e. The number of rotatable bonds is 5. The molecule has 1 saturated carbocycles. The Morgan fingerprint density at radius 3 is 2.12 bits per heavy atom. The molecule has 1 N–H and O–H groups in total. The fourth-order valence-electron chi connectivity index (χ4n) is 2.78. The van der Waals surface area contributed by atoms with Crippen molar-refractivity contribution in [1.29, 1.82) is 0 Å². The highest BCUT2D eigenvalue weighted by Crippen LogP contribution is 2.25. The highest BCUT2D eigenvalue weighted by Gasteiger charge is 2.26. The third kappa shape index (κ3) is 3.74. The summed E-state index contributed by atoms with van der Waals surface area (Å²) in [5.41, 5.74) is 0. The van der Waals surface area contributed by atoms with Crippen LogP contribution in [0.4, 0.5) is 0 Å². The van der Waals surface area contributed by atoms with Gasteiger partial charge < -0.3 is 10.2 Å². The van der Waals surface area contributed by atoms with Gasteiger partial charge in [0.2, 0.25) is 0 Å². The minimum atomic E-state index is 0.709. The Bertz CT molecular complexity index is 183. The van der Waals surface area contributed by atoms with Crippen LogP contribution in [0, 0.1) is 5.92 Å². The van der Waals surface area contributed by atoms with Crippen LogP contribution in [-0.4, -0.2) is 36.6 Å². The lowest BCUT2D eigenvalue weighted by Crippen LogP contribution is -2.45. The van der Waals surface area contributed by atoms with Gasteiger partial charge in [0.25, 0.3) is 0 Å². The molecule has 0 aromatic carbocycles. The molecule has 1 aliphatic rings. The zero-order valence-corrected chi connectivity index (χ0v) is 11.8. The average molecular weight is 226 g/mol. The lowest BCUT2D eigenvalue weighted by atomic mass is 9.89. The predicted molar refractivity (Wildman–Crippen MR) is 71.8 cm³/mol. The third-order valence-corrected chi connectivity index (χ3v) is 4.37. The molecule has 1 atom stereocenters. The van der Waals surface area contributed by atoms with Gasteiger partial charge in [0.05, 0.1) is 0 Å². The van der Waals surface area contributed by atoms with E-state index in [2.05, 4.69) is 45.0 Å². The molecular weight excluding hydrogens is 196 g/mol. The topological polar surface area (TPSA) is 15.3 Å². The molecule has 2 nitrogen and oxygen atoms in total. The van der Waals surface area contributed by atoms with Crippen LogP contribution in [0.25, 0.3) is 0 Å². The van der Waals surface area contributed by atoms with E-state index < -0.39 is 0 Å². The minimum absolute atomic E-state index is 0.709. The molecule has 1 unspecified atom stereocenters. The summed E-state index contributed by atoms with van der Waals surface area (Å²) in [6.07, 6.45) is 5.44. The Balaban J connectivity index is 2.35. The van der Waals surface area contributed by atoms with Crippen molar-refractivity contribution in [2.75, 3.05) is 13.6 Å². The normalized spacial score (nSPS) is 28.7. The second-order valence-corrected chi connectivity index (χ2v) is 5.71. The first kappa shape index (κ1) is 14.0. The van der Waals surface area contributed by atoms with E-state index in [0.29, 0.717) is 6.04 Å². The highest BCUT2D eigenvalue weighted by molar-refractivity contribution is 4.84. The zero-order chi connectivity index (χ0) is 12.1. The summed E-state index contributed by atoms with van der Waals surface area (Å²) in [5, 5.41) is 3.58. The molecule has 0 heterocycles. The molecule has 1 aliphatic carbocycles. The van der Waals surface area contributed by atoms with E-state index in [1.54, 1.807) is 0 Å². The van der Waals surface area contributed by atoms with E-state index >= 15 is 0 Å². The van der Waals surface area contributed by atoms with E-state index in [4.69, 9.17) is 0 Å². The number of hydrogen-bond donors (Lipinski definition) is 1. The summed E-state index contributed by atoms with van der Waals surface area (Å²) in [4.78, 5) is 2.60. The molecule has 0 spiro atoms. The van der Waals surface area contributed by atoms with E-state index in [-0.39, 0.29) is 0 Å². The van der Waals surface area contributed by atoms with Crippen molar-refractivity contribution in [2.24, 2.45) is 5.92 Å². The molecule has 0 bridgehead atoms. The Labute approximate surface area is 102 Å². The molecule has 0 aliphatic heterocycles. The van der Waals surface area contributed by atoms with E-state index in [1.165, 1.54) is 25.7 Å². The third-order valence-electron chi connectivity index (χ3n) is 4.37. The van der Waals surface area contributed by atoms with Gasteiger partial charge in [-0.15, -0.1) is 0 Å². The number of nitrogens with one attached hydrogen (secondary N) is 1. The molecule has 1 rings (SSSR count). The Kier molecular flexibility index (Phi) is 5.77. The van der Waals surface area contributed by atoms with Gasteiger partial charge in [-0.05, 0) is 52.1 Å². The molecule has 0 amide bonds. The molecule has 1 fully saturated rings. The highest BCUT2D eigenvalue weighted by atomic mass is 15.2. The van der Waals surface area contributed by atoms with Crippen molar-refractivity contribution < 1.29 is 0 Å². The standard InChI is InChI=1S/C14H30N2/c1-6-15-13-7-9-14(10-8-13)16(5)12(4)11(2)3/h11-15H,6-10H2,1-5H3. The van der Waals surface area contributed by atoms with Gasteiger partial charge in [0.1, 0.15) is 0 Å². The van der Waals surface area contributed by atoms with Crippen molar-refractivity contribution in [2.45, 2.75) is 71.5 Å². The van der Waals surface area contributed by atoms with Gasteiger partial charge in [-0.3, -0.25) is 0 Å². The van der Waals surface area contributed by atoms with Gasteiger partial charge in [0.15, 0.2) is 0 Å². The summed E-state index contributed by atoms with van der Waals surface area (Å²) < 4.78 is 0. The maximum Gasteiger partial charge on any atom is 0.00962 e. The molecule has 0 aromatic rings. The van der Waals surface area contributed by atoms with E-state index in [0.717, 1.165) is 24.5 Å². The fraction of sp³-hybridized carbons (Fsp3) is 1.00. The van der Waals surface area contributed by atoms with Crippen molar-refractivity contribution in [1.82, 2.24) is 10.2 Å². The van der Waals surface area contributed by atoms with Crippen LogP contribution in [0.5, 0.6) is 0 Å². The van der Waals surface area contributed by atoms with Crippen LogP contribution in [-0.2, 0) is 0 Å². The van der Waals surface area contributed by atoms with Gasteiger partial charge >= 0.3 is 0 Å². The fourth-order valence-corrected chi connectivity index (χ4v) is 2.78. The van der Waals surface area contributed by atoms with Crippen molar-refractivity contribution in [3.63, 3.8) is 0 Å². The first-order valence-corrected chi connectivity index (χ1v) is 7.01. The average Bonchev–Trinajstić information content (AvgIpc) is 2.28.